The van der Waals surface area contributed by atoms with Crippen LogP contribution in [0.2, 0.25) is 0 Å². The zero-order valence-corrected chi connectivity index (χ0v) is 20.7. The van der Waals surface area contributed by atoms with E-state index in [0.717, 1.165) is 5.56 Å². The first-order chi connectivity index (χ1) is 13.6. The first kappa shape index (κ1) is 22.1. The second-order valence-electron chi connectivity index (χ2n) is 7.48. The number of hydrogen-bond donors (Lipinski definition) is 2. The number of benzene rings is 2. The molecule has 1 aliphatic heterocycles. The fourth-order valence-electron chi connectivity index (χ4n) is 2.61. The van der Waals surface area contributed by atoms with Gasteiger partial charge >= 0.3 is 0 Å². The molecule has 9 heteroatoms. The second kappa shape index (κ2) is 8.65. The van der Waals surface area contributed by atoms with Crippen molar-refractivity contribution in [2.75, 3.05) is 6.61 Å². The summed E-state index contributed by atoms with van der Waals surface area (Å²) in [5.41, 5.74) is 4.07. The lowest BCUT2D eigenvalue weighted by Gasteiger charge is -2.27. The van der Waals surface area contributed by atoms with Gasteiger partial charge in [-0.05, 0) is 61.0 Å². The molecule has 154 valence electrons. The van der Waals surface area contributed by atoms with E-state index in [4.69, 9.17) is 9.47 Å². The standard InChI is InChI=1S/C20H19Br3N2O4/c1-20(2,3)10-4-5-14-15(6-10)29-16(9-28-14)19(27)25-24-8-11-12(21)7-13(22)18(26)17(11)23/h4-8,16,26H,9H2,1-3H3,(H,25,27)/b24-8+/t16-/m0/s1. The summed E-state index contributed by atoms with van der Waals surface area (Å²) in [6.07, 6.45) is 0.605. The van der Waals surface area contributed by atoms with Crippen molar-refractivity contribution >= 4 is 59.9 Å². The van der Waals surface area contributed by atoms with E-state index < -0.39 is 12.0 Å². The maximum atomic E-state index is 12.5. The molecule has 0 saturated carbocycles. The Hall–Kier alpha value is -1.58. The number of phenols is 1. The van der Waals surface area contributed by atoms with Gasteiger partial charge in [-0.15, -0.1) is 0 Å². The molecule has 2 aromatic carbocycles. The summed E-state index contributed by atoms with van der Waals surface area (Å²) < 4.78 is 13.2. The molecule has 0 spiro atoms. The molecule has 0 unspecified atom stereocenters. The van der Waals surface area contributed by atoms with Crippen LogP contribution in [0.3, 0.4) is 0 Å². The first-order valence-corrected chi connectivity index (χ1v) is 11.1. The third-order valence-corrected chi connectivity index (χ3v) is 6.37. The summed E-state index contributed by atoms with van der Waals surface area (Å²) >= 11 is 9.95. The normalized spacial score (nSPS) is 16.1. The van der Waals surface area contributed by atoms with Crippen molar-refractivity contribution in [3.63, 3.8) is 0 Å². The van der Waals surface area contributed by atoms with Gasteiger partial charge in [-0.1, -0.05) is 42.8 Å². The Morgan fingerprint density at radius 2 is 1.93 bits per heavy atom. The number of ether oxygens (including phenoxy) is 2. The molecule has 1 heterocycles. The molecule has 29 heavy (non-hydrogen) atoms. The zero-order chi connectivity index (χ0) is 21.3. The van der Waals surface area contributed by atoms with Crippen molar-refractivity contribution in [3.8, 4) is 17.2 Å². The van der Waals surface area contributed by atoms with Crippen molar-refractivity contribution in [2.24, 2.45) is 5.10 Å². The highest BCUT2D eigenvalue weighted by molar-refractivity contribution is 9.11. The Labute approximate surface area is 194 Å². The molecule has 2 N–H and O–H groups in total. The molecule has 1 amide bonds. The third kappa shape index (κ3) is 4.95. The molecule has 1 atom stereocenters. The molecule has 3 rings (SSSR count). The lowest BCUT2D eigenvalue weighted by atomic mass is 9.87. The Balaban J connectivity index is 1.70. The van der Waals surface area contributed by atoms with E-state index in [1.165, 1.54) is 6.21 Å². The van der Waals surface area contributed by atoms with E-state index in [1.807, 2.05) is 18.2 Å². The summed E-state index contributed by atoms with van der Waals surface area (Å²) in [4.78, 5) is 12.5. The van der Waals surface area contributed by atoms with Crippen LogP contribution in [0, 0.1) is 0 Å². The van der Waals surface area contributed by atoms with Gasteiger partial charge in [0.25, 0.3) is 5.91 Å². The molecule has 1 aliphatic rings. The van der Waals surface area contributed by atoms with Crippen LogP contribution in [-0.2, 0) is 10.2 Å². The van der Waals surface area contributed by atoms with Crippen LogP contribution in [-0.4, -0.2) is 29.9 Å². The van der Waals surface area contributed by atoms with Crippen LogP contribution in [0.4, 0.5) is 0 Å². The number of aromatic hydroxyl groups is 1. The maximum Gasteiger partial charge on any atom is 0.284 e. The van der Waals surface area contributed by atoms with Crippen molar-refractivity contribution in [2.45, 2.75) is 32.3 Å². The number of nitrogens with zero attached hydrogens (tertiary/aromatic N) is 1. The van der Waals surface area contributed by atoms with Crippen LogP contribution >= 0.6 is 47.8 Å². The zero-order valence-electron chi connectivity index (χ0n) is 15.9. The minimum Gasteiger partial charge on any atom is -0.506 e. The number of phenolic OH excluding ortho intramolecular Hbond substituents is 1. The van der Waals surface area contributed by atoms with Crippen molar-refractivity contribution < 1.29 is 19.4 Å². The Bertz CT molecular complexity index is 987. The van der Waals surface area contributed by atoms with Gasteiger partial charge in [-0.3, -0.25) is 4.79 Å². The van der Waals surface area contributed by atoms with E-state index in [2.05, 4.69) is 79.1 Å². The minimum atomic E-state index is -0.819. The number of carbonyl (C=O) groups is 1. The number of carbonyl (C=O) groups excluding carboxylic acids is 1. The molecule has 0 bridgehead atoms. The third-order valence-electron chi connectivity index (χ3n) is 4.31. The average Bonchev–Trinajstić information content (AvgIpc) is 2.67. The highest BCUT2D eigenvalue weighted by Crippen LogP contribution is 2.39. The molecule has 0 aromatic heterocycles. The SMILES string of the molecule is CC(C)(C)c1ccc2c(c1)O[C@H](C(=O)N/N=C/c1c(Br)cc(Br)c(O)c1Br)CO2. The minimum absolute atomic E-state index is 0.0382. The number of halogens is 3. The predicted molar refractivity (Wildman–Crippen MR) is 122 cm³/mol. The smallest absolute Gasteiger partial charge is 0.284 e. The van der Waals surface area contributed by atoms with E-state index >= 15 is 0 Å². The van der Waals surface area contributed by atoms with Gasteiger partial charge in [0.1, 0.15) is 12.4 Å². The van der Waals surface area contributed by atoms with Gasteiger partial charge in [0.05, 0.1) is 15.2 Å². The van der Waals surface area contributed by atoms with Gasteiger partial charge in [0, 0.05) is 10.0 Å². The number of amides is 1. The number of rotatable bonds is 3. The van der Waals surface area contributed by atoms with Crippen LogP contribution in [0.1, 0.15) is 31.9 Å². The molecular formula is C20H19Br3N2O4. The topological polar surface area (TPSA) is 80.2 Å². The van der Waals surface area contributed by atoms with Crippen LogP contribution in [0.25, 0.3) is 0 Å². The molecular weight excluding hydrogens is 572 g/mol. The molecule has 0 aliphatic carbocycles. The number of nitrogens with one attached hydrogen (secondary N) is 1. The highest BCUT2D eigenvalue weighted by Gasteiger charge is 2.28. The van der Waals surface area contributed by atoms with Crippen molar-refractivity contribution in [3.05, 3.63) is 48.8 Å². The van der Waals surface area contributed by atoms with Crippen LogP contribution in [0.15, 0.2) is 42.8 Å². The maximum absolute atomic E-state index is 12.5. The van der Waals surface area contributed by atoms with Crippen LogP contribution < -0.4 is 14.9 Å². The summed E-state index contributed by atoms with van der Waals surface area (Å²) in [5.74, 6) is 0.762. The quantitative estimate of drug-likeness (QED) is 0.377. The Morgan fingerprint density at radius 1 is 1.21 bits per heavy atom. The highest BCUT2D eigenvalue weighted by atomic mass is 79.9. The fraction of sp³-hybridized carbons (Fsp3) is 0.300. The first-order valence-electron chi connectivity index (χ1n) is 8.71. The molecule has 0 saturated heterocycles. The van der Waals surface area contributed by atoms with Gasteiger partial charge in [-0.25, -0.2) is 5.43 Å². The van der Waals surface area contributed by atoms with Crippen molar-refractivity contribution in [1.29, 1.82) is 0 Å². The van der Waals surface area contributed by atoms with E-state index in [9.17, 15) is 9.90 Å². The summed E-state index contributed by atoms with van der Waals surface area (Å²) in [6, 6.07) is 7.44. The predicted octanol–water partition coefficient (Wildman–Crippen LogP) is 5.27. The molecule has 2 aromatic rings. The lowest BCUT2D eigenvalue weighted by molar-refractivity contribution is -0.130. The molecule has 0 fully saturated rings. The number of hydrogen-bond acceptors (Lipinski definition) is 5. The average molecular weight is 591 g/mol. The largest absolute Gasteiger partial charge is 0.506 e. The summed E-state index contributed by atoms with van der Waals surface area (Å²) in [6.45, 7) is 6.41. The number of fused-ring (bicyclic) bond motifs is 1. The van der Waals surface area contributed by atoms with Crippen molar-refractivity contribution in [1.82, 2.24) is 5.43 Å². The van der Waals surface area contributed by atoms with E-state index in [-0.39, 0.29) is 17.8 Å². The summed E-state index contributed by atoms with van der Waals surface area (Å²) in [5, 5.41) is 14.0. The van der Waals surface area contributed by atoms with Gasteiger partial charge in [0.2, 0.25) is 6.10 Å². The lowest BCUT2D eigenvalue weighted by Crippen LogP contribution is -2.42. The monoisotopic (exact) mass is 588 g/mol. The molecule has 0 radical (unpaired) electrons. The Kier molecular flexibility index (Phi) is 6.60. The molecule has 6 nitrogen and oxygen atoms in total. The van der Waals surface area contributed by atoms with Crippen LogP contribution in [0.5, 0.6) is 17.2 Å². The fourth-order valence-corrected chi connectivity index (χ4v) is 4.94. The van der Waals surface area contributed by atoms with Gasteiger partial charge < -0.3 is 14.6 Å². The second-order valence-corrected chi connectivity index (χ2v) is 9.98. The summed E-state index contributed by atoms with van der Waals surface area (Å²) in [7, 11) is 0. The number of hydrazone groups is 1. The van der Waals surface area contributed by atoms with E-state index in [0.29, 0.717) is 30.5 Å². The Morgan fingerprint density at radius 3 is 2.62 bits per heavy atom. The van der Waals surface area contributed by atoms with E-state index in [1.54, 1.807) is 6.07 Å². The van der Waals surface area contributed by atoms with Gasteiger partial charge in [0.15, 0.2) is 11.5 Å². The van der Waals surface area contributed by atoms with Gasteiger partial charge in [-0.2, -0.15) is 5.10 Å².